The molecule has 1 atom stereocenters. The third-order valence-electron chi connectivity index (χ3n) is 4.97. The van der Waals surface area contributed by atoms with Crippen molar-refractivity contribution in [3.8, 4) is 0 Å². The van der Waals surface area contributed by atoms with E-state index in [2.05, 4.69) is 55.9 Å². The highest BCUT2D eigenvalue weighted by molar-refractivity contribution is 9.10. The first-order valence-corrected chi connectivity index (χ1v) is 11.0. The quantitative estimate of drug-likeness (QED) is 0.735. The van der Waals surface area contributed by atoms with Crippen molar-refractivity contribution in [2.45, 2.75) is 39.3 Å². The predicted molar refractivity (Wildman–Crippen MR) is 116 cm³/mol. The molecule has 0 spiro atoms. The molecule has 2 aromatic rings. The van der Waals surface area contributed by atoms with Crippen LogP contribution in [0.4, 0.5) is 5.69 Å². The molecule has 0 bridgehead atoms. The molecule has 0 radical (unpaired) electrons. The fraction of sp³-hybridized carbons (Fsp3) is 0.400. The largest absolute Gasteiger partial charge is 0.376 e. The Balaban J connectivity index is 1.50. The van der Waals surface area contributed by atoms with Crippen molar-refractivity contribution >= 4 is 44.3 Å². The zero-order chi connectivity index (χ0) is 18.8. The number of halogens is 1. The van der Waals surface area contributed by atoms with Crippen LogP contribution >= 0.6 is 27.7 Å². The van der Waals surface area contributed by atoms with Gasteiger partial charge in [-0.05, 0) is 51.0 Å². The monoisotopic (exact) mass is 446 g/mol. The summed E-state index contributed by atoms with van der Waals surface area (Å²) < 4.78 is 9.20. The van der Waals surface area contributed by atoms with E-state index in [9.17, 15) is 0 Å². The van der Waals surface area contributed by atoms with E-state index in [4.69, 9.17) is 4.74 Å². The Morgan fingerprint density at radius 2 is 2.26 bits per heavy atom. The number of benzene rings is 1. The van der Waals surface area contributed by atoms with Gasteiger partial charge in [-0.1, -0.05) is 33.8 Å². The summed E-state index contributed by atoms with van der Waals surface area (Å²) in [4.78, 5) is 4.63. The van der Waals surface area contributed by atoms with Crippen molar-refractivity contribution in [3.05, 3.63) is 51.8 Å². The highest BCUT2D eigenvalue weighted by Crippen LogP contribution is 2.25. The average molecular weight is 447 g/mol. The standard InChI is InChI=1S/C20H23BrN4OS/c1-13-9-18(14(2)25(13)11-17-7-4-8-26-17)19-12-27-20(24-23-19)22-16-6-3-5-15(21)10-16/h3,5-6,9-10,17H,4,7-8,11-12H2,1-2H3,(H,22,24). The summed E-state index contributed by atoms with van der Waals surface area (Å²) >= 11 is 5.16. The molecule has 5 nitrogen and oxygen atoms in total. The molecule has 0 aliphatic carbocycles. The molecule has 2 aliphatic rings. The molecule has 1 aromatic carbocycles. The molecule has 1 N–H and O–H groups in total. The zero-order valence-electron chi connectivity index (χ0n) is 15.5. The molecule has 1 aromatic heterocycles. The van der Waals surface area contributed by atoms with Gasteiger partial charge < -0.3 is 9.30 Å². The molecule has 0 saturated carbocycles. The van der Waals surface area contributed by atoms with Gasteiger partial charge in [-0.2, -0.15) is 5.10 Å². The molecule has 0 amide bonds. The molecular formula is C20H23BrN4OS. The number of aliphatic imine (C=N–C) groups is 1. The Morgan fingerprint density at radius 3 is 2.96 bits per heavy atom. The van der Waals surface area contributed by atoms with Gasteiger partial charge in [0.05, 0.1) is 17.5 Å². The van der Waals surface area contributed by atoms with Gasteiger partial charge in [0, 0.05) is 40.3 Å². The Morgan fingerprint density at radius 1 is 1.37 bits per heavy atom. The number of hydrogen-bond donors (Lipinski definition) is 1. The molecule has 27 heavy (non-hydrogen) atoms. The molecule has 4 rings (SSSR count). The highest BCUT2D eigenvalue weighted by Gasteiger charge is 2.22. The smallest absolute Gasteiger partial charge is 0.182 e. The summed E-state index contributed by atoms with van der Waals surface area (Å²) in [5.41, 5.74) is 8.83. The normalized spacial score (nSPS) is 21.4. The third-order valence-corrected chi connectivity index (χ3v) is 6.33. The zero-order valence-corrected chi connectivity index (χ0v) is 17.9. The van der Waals surface area contributed by atoms with Crippen LogP contribution in [0.3, 0.4) is 0 Å². The summed E-state index contributed by atoms with van der Waals surface area (Å²) in [6, 6.07) is 10.2. The summed E-state index contributed by atoms with van der Waals surface area (Å²) in [7, 11) is 0. The van der Waals surface area contributed by atoms with E-state index in [1.807, 2.05) is 24.3 Å². The number of nitrogens with zero attached hydrogens (tertiary/aromatic N) is 3. The number of thioether (sulfide) groups is 1. The number of ether oxygens (including phenoxy) is 1. The summed E-state index contributed by atoms with van der Waals surface area (Å²) in [6.45, 7) is 6.16. The first-order chi connectivity index (χ1) is 13.1. The van der Waals surface area contributed by atoms with E-state index in [1.165, 1.54) is 23.4 Å². The Kier molecular flexibility index (Phi) is 5.71. The summed E-state index contributed by atoms with van der Waals surface area (Å²) in [5.74, 6) is 0.810. The maximum absolute atomic E-state index is 5.81. The lowest BCUT2D eigenvalue weighted by Gasteiger charge is -2.17. The molecule has 142 valence electrons. The van der Waals surface area contributed by atoms with Gasteiger partial charge in [0.15, 0.2) is 5.17 Å². The molecule has 1 unspecified atom stereocenters. The van der Waals surface area contributed by atoms with Gasteiger partial charge in [0.25, 0.3) is 0 Å². The molecule has 1 saturated heterocycles. The molecular weight excluding hydrogens is 424 g/mol. The number of amidine groups is 1. The number of nitrogens with one attached hydrogen (secondary N) is 1. The molecule has 2 aliphatic heterocycles. The van der Waals surface area contributed by atoms with Crippen LogP contribution in [0.15, 0.2) is 44.9 Å². The lowest BCUT2D eigenvalue weighted by Crippen LogP contribution is -2.25. The number of aryl methyl sites for hydroxylation is 1. The number of hydrogen-bond acceptors (Lipinski definition) is 4. The van der Waals surface area contributed by atoms with Gasteiger partial charge >= 0.3 is 0 Å². The van der Waals surface area contributed by atoms with Crippen molar-refractivity contribution < 1.29 is 4.74 Å². The Labute approximate surface area is 172 Å². The summed E-state index contributed by atoms with van der Waals surface area (Å²) in [6.07, 6.45) is 2.66. The molecule has 1 fully saturated rings. The maximum Gasteiger partial charge on any atom is 0.182 e. The second kappa shape index (κ2) is 8.20. The second-order valence-corrected chi connectivity index (χ2v) is 8.77. The van der Waals surface area contributed by atoms with Crippen LogP contribution in [0.1, 0.15) is 29.8 Å². The topological polar surface area (TPSA) is 50.9 Å². The number of rotatable bonds is 4. The average Bonchev–Trinajstić information content (AvgIpc) is 3.26. The van der Waals surface area contributed by atoms with Gasteiger partial charge in [-0.3, -0.25) is 5.43 Å². The molecule has 7 heteroatoms. The second-order valence-electron chi connectivity index (χ2n) is 6.89. The van der Waals surface area contributed by atoms with Crippen molar-refractivity contribution in [1.29, 1.82) is 0 Å². The fourth-order valence-electron chi connectivity index (χ4n) is 3.54. The lowest BCUT2D eigenvalue weighted by molar-refractivity contribution is 0.0962. The van der Waals surface area contributed by atoms with Gasteiger partial charge in [-0.15, -0.1) is 0 Å². The van der Waals surface area contributed by atoms with Crippen LogP contribution in [-0.4, -0.2) is 33.9 Å². The van der Waals surface area contributed by atoms with Gasteiger partial charge in [0.2, 0.25) is 0 Å². The van der Waals surface area contributed by atoms with Crippen LogP contribution in [0.5, 0.6) is 0 Å². The highest BCUT2D eigenvalue weighted by atomic mass is 79.9. The van der Waals surface area contributed by atoms with E-state index >= 15 is 0 Å². The Bertz CT molecular complexity index is 899. The maximum atomic E-state index is 5.81. The number of hydrazone groups is 1. The van der Waals surface area contributed by atoms with Crippen LogP contribution in [0, 0.1) is 13.8 Å². The summed E-state index contributed by atoms with van der Waals surface area (Å²) in [5, 5.41) is 5.43. The third kappa shape index (κ3) is 4.31. The SMILES string of the molecule is Cc1cc(C2=NNC(=Nc3cccc(Br)c3)SC2)c(C)n1CC1CCCO1. The van der Waals surface area contributed by atoms with Crippen LogP contribution < -0.4 is 5.43 Å². The minimum Gasteiger partial charge on any atom is -0.376 e. The molecule has 3 heterocycles. The minimum atomic E-state index is 0.340. The predicted octanol–water partition coefficient (Wildman–Crippen LogP) is 4.77. The van der Waals surface area contributed by atoms with Crippen LogP contribution in [-0.2, 0) is 11.3 Å². The van der Waals surface area contributed by atoms with E-state index in [-0.39, 0.29) is 0 Å². The van der Waals surface area contributed by atoms with E-state index in [0.29, 0.717) is 6.10 Å². The first-order valence-electron chi connectivity index (χ1n) is 9.18. The number of aromatic nitrogens is 1. The van der Waals surface area contributed by atoms with Gasteiger partial charge in [0.1, 0.15) is 0 Å². The minimum absolute atomic E-state index is 0.340. The van der Waals surface area contributed by atoms with E-state index < -0.39 is 0 Å². The lowest BCUT2D eigenvalue weighted by atomic mass is 10.1. The van der Waals surface area contributed by atoms with Crippen molar-refractivity contribution in [2.75, 3.05) is 12.4 Å². The van der Waals surface area contributed by atoms with E-state index in [0.717, 1.165) is 46.4 Å². The fourth-order valence-corrected chi connectivity index (χ4v) is 4.70. The van der Waals surface area contributed by atoms with Crippen molar-refractivity contribution in [1.82, 2.24) is 9.99 Å². The van der Waals surface area contributed by atoms with E-state index in [1.54, 1.807) is 11.8 Å². The Hall–Kier alpha value is -1.57. The first kappa shape index (κ1) is 18.8. The van der Waals surface area contributed by atoms with Crippen LogP contribution in [0.2, 0.25) is 0 Å². The van der Waals surface area contributed by atoms with Crippen LogP contribution in [0.25, 0.3) is 0 Å². The van der Waals surface area contributed by atoms with Crippen molar-refractivity contribution in [2.24, 2.45) is 10.1 Å². The van der Waals surface area contributed by atoms with Crippen molar-refractivity contribution in [3.63, 3.8) is 0 Å². The van der Waals surface area contributed by atoms with Gasteiger partial charge in [-0.25, -0.2) is 4.99 Å².